The second-order valence-corrected chi connectivity index (χ2v) is 10.5. The molecule has 0 atom stereocenters. The molecule has 4 heteroatoms. The maximum absolute atomic E-state index is 5.02. The Balaban J connectivity index is 1.43. The third-order valence-corrected chi connectivity index (χ3v) is 7.43. The molecule has 204 valence electrons. The summed E-state index contributed by atoms with van der Waals surface area (Å²) in [4.78, 5) is 19.5. The fraction of sp³-hybridized carbons (Fsp3) is 0.0256. The van der Waals surface area contributed by atoms with Crippen LogP contribution in [0.2, 0.25) is 0 Å². The van der Waals surface area contributed by atoms with Crippen molar-refractivity contribution in [3.8, 4) is 67.7 Å². The van der Waals surface area contributed by atoms with E-state index in [2.05, 4.69) is 78.6 Å². The van der Waals surface area contributed by atoms with Gasteiger partial charge in [-0.25, -0.2) is 15.0 Å². The summed E-state index contributed by atoms with van der Waals surface area (Å²) in [5, 5.41) is 0. The first kappa shape index (κ1) is 26.2. The molecule has 0 saturated heterocycles. The average molecular weight is 553 g/mol. The van der Waals surface area contributed by atoms with Crippen molar-refractivity contribution < 1.29 is 0 Å². The lowest BCUT2D eigenvalue weighted by Crippen LogP contribution is -2.00. The average Bonchev–Trinajstić information content (AvgIpc) is 3.09. The monoisotopic (exact) mass is 552 g/mol. The van der Waals surface area contributed by atoms with Gasteiger partial charge in [0.2, 0.25) is 0 Å². The van der Waals surface area contributed by atoms with Crippen molar-refractivity contribution in [1.29, 1.82) is 0 Å². The molecule has 0 unspecified atom stereocenters. The lowest BCUT2D eigenvalue weighted by molar-refractivity contribution is 1.07. The van der Waals surface area contributed by atoms with Gasteiger partial charge < -0.3 is 0 Å². The largest absolute Gasteiger partial charge is 0.256 e. The zero-order chi connectivity index (χ0) is 29.0. The third kappa shape index (κ3) is 5.72. The Hall–Kier alpha value is -5.74. The smallest absolute Gasteiger partial charge is 0.164 e. The Kier molecular flexibility index (Phi) is 7.08. The summed E-state index contributed by atoms with van der Waals surface area (Å²) in [6.45, 7) is 2.11. The van der Waals surface area contributed by atoms with Crippen molar-refractivity contribution in [3.63, 3.8) is 0 Å². The Labute approximate surface area is 251 Å². The molecular weight excluding hydrogens is 524 g/mol. The van der Waals surface area contributed by atoms with Gasteiger partial charge in [-0.2, -0.15) is 0 Å². The molecule has 0 radical (unpaired) electrons. The second kappa shape index (κ2) is 11.6. The molecule has 0 saturated carbocycles. The van der Waals surface area contributed by atoms with Gasteiger partial charge in [-0.3, -0.25) is 4.98 Å². The number of nitrogens with zero attached hydrogens (tertiary/aromatic N) is 4. The summed E-state index contributed by atoms with van der Waals surface area (Å²) >= 11 is 0. The molecule has 0 amide bonds. The first-order valence-corrected chi connectivity index (χ1v) is 14.3. The fourth-order valence-corrected chi connectivity index (χ4v) is 5.17. The highest BCUT2D eigenvalue weighted by molar-refractivity contribution is 5.82. The number of hydrogen-bond acceptors (Lipinski definition) is 4. The van der Waals surface area contributed by atoms with Gasteiger partial charge in [-0.15, -0.1) is 0 Å². The third-order valence-electron chi connectivity index (χ3n) is 7.43. The van der Waals surface area contributed by atoms with Crippen molar-refractivity contribution in [3.05, 3.63) is 157 Å². The molecule has 2 heterocycles. The molecule has 0 spiro atoms. The molecule has 5 aromatic carbocycles. The van der Waals surface area contributed by atoms with Gasteiger partial charge in [0, 0.05) is 28.5 Å². The topological polar surface area (TPSA) is 51.6 Å². The lowest BCUT2D eigenvalue weighted by Gasteiger charge is -2.13. The Morgan fingerprint density at radius 2 is 0.837 bits per heavy atom. The van der Waals surface area contributed by atoms with Crippen LogP contribution in [0, 0.1) is 6.92 Å². The second-order valence-electron chi connectivity index (χ2n) is 10.5. The Bertz CT molecular complexity index is 1950. The number of pyridine rings is 1. The van der Waals surface area contributed by atoms with Crippen molar-refractivity contribution in [2.24, 2.45) is 0 Å². The van der Waals surface area contributed by atoms with Gasteiger partial charge in [-0.05, 0) is 65.6 Å². The van der Waals surface area contributed by atoms with Crippen molar-refractivity contribution in [2.45, 2.75) is 6.92 Å². The highest BCUT2D eigenvalue weighted by Gasteiger charge is 2.15. The molecule has 0 aliphatic carbocycles. The van der Waals surface area contributed by atoms with Crippen LogP contribution in [-0.2, 0) is 0 Å². The normalized spacial score (nSPS) is 10.9. The molecule has 0 bridgehead atoms. The number of benzene rings is 5. The minimum atomic E-state index is 0.629. The van der Waals surface area contributed by atoms with Crippen molar-refractivity contribution in [1.82, 2.24) is 19.9 Å². The van der Waals surface area contributed by atoms with E-state index < -0.39 is 0 Å². The first-order chi connectivity index (χ1) is 21.2. The van der Waals surface area contributed by atoms with Gasteiger partial charge in [-0.1, -0.05) is 115 Å². The van der Waals surface area contributed by atoms with E-state index in [1.807, 2.05) is 85.1 Å². The van der Waals surface area contributed by atoms with Crippen LogP contribution in [0.15, 0.2) is 152 Å². The minimum absolute atomic E-state index is 0.629. The van der Waals surface area contributed by atoms with Crippen LogP contribution in [0.4, 0.5) is 0 Å². The predicted octanol–water partition coefficient (Wildman–Crippen LogP) is 9.58. The predicted molar refractivity (Wildman–Crippen MR) is 175 cm³/mol. The standard InChI is InChI=1S/C39H28N4/c1-27-18-20-28(21-19-27)33-24-34(31-15-10-16-32(23-31)36-17-8-9-22-40-36)26-35(25-33)39-42-37(29-11-4-2-5-12-29)41-38(43-39)30-13-6-3-7-14-30/h2-26H,1H3. The summed E-state index contributed by atoms with van der Waals surface area (Å²) in [7, 11) is 0. The maximum atomic E-state index is 5.02. The van der Waals surface area contributed by atoms with E-state index in [4.69, 9.17) is 15.0 Å². The summed E-state index contributed by atoms with van der Waals surface area (Å²) in [6, 6.07) is 49.9. The molecule has 7 rings (SSSR count). The first-order valence-electron chi connectivity index (χ1n) is 14.3. The van der Waals surface area contributed by atoms with Gasteiger partial charge in [0.05, 0.1) is 5.69 Å². The van der Waals surface area contributed by atoms with Gasteiger partial charge in [0.15, 0.2) is 17.5 Å². The molecule has 2 aromatic heterocycles. The number of aryl methyl sites for hydroxylation is 1. The van der Waals surface area contributed by atoms with E-state index in [9.17, 15) is 0 Å². The summed E-state index contributed by atoms with van der Waals surface area (Å²) in [5.41, 5.74) is 10.5. The Morgan fingerprint density at radius 3 is 1.44 bits per heavy atom. The van der Waals surface area contributed by atoms with Crippen LogP contribution < -0.4 is 0 Å². The van der Waals surface area contributed by atoms with Crippen molar-refractivity contribution >= 4 is 0 Å². The highest BCUT2D eigenvalue weighted by atomic mass is 15.0. The van der Waals surface area contributed by atoms with Crippen LogP contribution in [0.25, 0.3) is 67.7 Å². The van der Waals surface area contributed by atoms with Crippen LogP contribution in [-0.4, -0.2) is 19.9 Å². The molecular formula is C39H28N4. The maximum Gasteiger partial charge on any atom is 0.164 e. The van der Waals surface area contributed by atoms with Crippen LogP contribution >= 0.6 is 0 Å². The minimum Gasteiger partial charge on any atom is -0.256 e. The van der Waals surface area contributed by atoms with E-state index >= 15 is 0 Å². The lowest BCUT2D eigenvalue weighted by atomic mass is 9.94. The van der Waals surface area contributed by atoms with Crippen LogP contribution in [0.3, 0.4) is 0 Å². The molecule has 7 aromatic rings. The summed E-state index contributed by atoms with van der Waals surface area (Å²) < 4.78 is 0. The van der Waals surface area contributed by atoms with Gasteiger partial charge >= 0.3 is 0 Å². The number of aromatic nitrogens is 4. The van der Waals surface area contributed by atoms with E-state index in [1.165, 1.54) is 5.56 Å². The van der Waals surface area contributed by atoms with Crippen molar-refractivity contribution in [2.75, 3.05) is 0 Å². The van der Waals surface area contributed by atoms with Crippen LogP contribution in [0.1, 0.15) is 5.56 Å². The van der Waals surface area contributed by atoms with E-state index in [0.29, 0.717) is 17.5 Å². The van der Waals surface area contributed by atoms with Gasteiger partial charge in [0.1, 0.15) is 0 Å². The molecule has 0 aliphatic rings. The summed E-state index contributed by atoms with van der Waals surface area (Å²) in [5.74, 6) is 1.91. The van der Waals surface area contributed by atoms with E-state index in [-0.39, 0.29) is 0 Å². The summed E-state index contributed by atoms with van der Waals surface area (Å²) in [6.07, 6.45) is 1.83. The molecule has 0 aliphatic heterocycles. The van der Waals surface area contributed by atoms with Crippen LogP contribution in [0.5, 0.6) is 0 Å². The zero-order valence-electron chi connectivity index (χ0n) is 23.7. The quantitative estimate of drug-likeness (QED) is 0.206. The number of hydrogen-bond donors (Lipinski definition) is 0. The fourth-order valence-electron chi connectivity index (χ4n) is 5.17. The molecule has 0 fully saturated rings. The Morgan fingerprint density at radius 1 is 0.349 bits per heavy atom. The number of rotatable bonds is 6. The molecule has 4 nitrogen and oxygen atoms in total. The molecule has 0 N–H and O–H groups in total. The zero-order valence-corrected chi connectivity index (χ0v) is 23.7. The highest BCUT2D eigenvalue weighted by Crippen LogP contribution is 2.34. The van der Waals surface area contributed by atoms with E-state index in [1.54, 1.807) is 0 Å². The van der Waals surface area contributed by atoms with Gasteiger partial charge in [0.25, 0.3) is 0 Å². The SMILES string of the molecule is Cc1ccc(-c2cc(-c3cccc(-c4ccccn4)c3)cc(-c3nc(-c4ccccc4)nc(-c4ccccc4)n3)c2)cc1. The van der Waals surface area contributed by atoms with E-state index in [0.717, 1.165) is 50.2 Å². The molecule has 43 heavy (non-hydrogen) atoms.